The van der Waals surface area contributed by atoms with Gasteiger partial charge in [-0.2, -0.15) is 0 Å². The number of rotatable bonds is 4. The van der Waals surface area contributed by atoms with Crippen molar-refractivity contribution in [2.24, 2.45) is 0 Å². The van der Waals surface area contributed by atoms with Crippen molar-refractivity contribution >= 4 is 40.7 Å². The number of hydrogen-bond donors (Lipinski definition) is 0. The summed E-state index contributed by atoms with van der Waals surface area (Å²) in [6, 6.07) is 10.3. The highest BCUT2D eigenvalue weighted by atomic mass is 28.4. The monoisotopic (exact) mass is 462 g/mol. The summed E-state index contributed by atoms with van der Waals surface area (Å²) in [7, 11) is -2.51. The molecule has 0 atom stereocenters. The Morgan fingerprint density at radius 1 is 0.909 bits per heavy atom. The number of nitrogens with zero attached hydrogens (tertiary/aromatic N) is 2. The van der Waals surface area contributed by atoms with E-state index in [1.54, 1.807) is 6.07 Å². The molecule has 174 valence electrons. The van der Waals surface area contributed by atoms with E-state index >= 15 is 0 Å². The number of aromatic nitrogens is 2. The van der Waals surface area contributed by atoms with E-state index in [-0.39, 0.29) is 12.0 Å². The molecule has 0 amide bonds. The van der Waals surface area contributed by atoms with Gasteiger partial charge >= 0.3 is 0 Å². The third kappa shape index (κ3) is 2.70. The first-order valence-corrected chi connectivity index (χ1v) is 14.5. The molecule has 0 aliphatic carbocycles. The molecule has 4 aromatic rings. The topological polar surface area (TPSA) is 18.3 Å². The molecule has 3 heterocycles. The van der Waals surface area contributed by atoms with E-state index in [0.717, 1.165) is 27.4 Å². The van der Waals surface area contributed by atoms with Crippen molar-refractivity contribution in [3.63, 3.8) is 0 Å². The highest BCUT2D eigenvalue weighted by molar-refractivity contribution is 6.91. The maximum Gasteiger partial charge on any atom is 0.296 e. The maximum absolute atomic E-state index is 8.44. The minimum Gasteiger partial charge on any atom is -0.538 e. The van der Waals surface area contributed by atoms with E-state index in [0.29, 0.717) is 16.6 Å². The van der Waals surface area contributed by atoms with Gasteiger partial charge in [-0.3, -0.25) is 0 Å². The van der Waals surface area contributed by atoms with Crippen LogP contribution in [0.25, 0.3) is 27.2 Å². The van der Waals surface area contributed by atoms with Crippen molar-refractivity contribution < 1.29 is 13.1 Å². The molecule has 0 spiro atoms. The van der Waals surface area contributed by atoms with Crippen LogP contribution < -0.4 is 14.1 Å². The molecule has 33 heavy (non-hydrogen) atoms. The molecule has 0 unspecified atom stereocenters. The van der Waals surface area contributed by atoms with Crippen LogP contribution in [0.3, 0.4) is 0 Å². The van der Waals surface area contributed by atoms with E-state index in [9.17, 15) is 0 Å². The third-order valence-corrected chi connectivity index (χ3v) is 13.2. The normalized spacial score (nSPS) is 17.1. The Balaban J connectivity index is 2.24. The summed E-state index contributed by atoms with van der Waals surface area (Å²) in [6.07, 6.45) is 0. The van der Waals surface area contributed by atoms with Crippen molar-refractivity contribution in [3.8, 4) is 5.75 Å². The zero-order valence-electron chi connectivity index (χ0n) is 24.5. The van der Waals surface area contributed by atoms with Gasteiger partial charge in [0.2, 0.25) is 5.52 Å². The lowest BCUT2D eigenvalue weighted by Gasteiger charge is -2.40. The number of benzene rings is 2. The zero-order chi connectivity index (χ0) is 26.5. The van der Waals surface area contributed by atoms with Crippen LogP contribution in [-0.2, 0) is 0 Å². The Morgan fingerprint density at radius 2 is 1.61 bits per heavy atom. The molecule has 3 nitrogen and oxygen atoms in total. The van der Waals surface area contributed by atoms with Gasteiger partial charge < -0.3 is 4.43 Å². The SMILES string of the molecule is [2H]C([2H])([2H])c1ccc2c3c1c1cccc(C(C)C)c1[n+]1c3c(c(C)n1C(C)C)[Si](C(C)C)(C(C)C)O2. The lowest BCUT2D eigenvalue weighted by molar-refractivity contribution is -0.586. The predicted molar refractivity (Wildman–Crippen MR) is 143 cm³/mol. The number of fused-ring (bicyclic) bond motifs is 3. The van der Waals surface area contributed by atoms with Crippen molar-refractivity contribution in [2.45, 2.75) is 92.2 Å². The lowest BCUT2D eigenvalue weighted by atomic mass is 9.94. The van der Waals surface area contributed by atoms with Crippen LogP contribution in [0.1, 0.15) is 88.3 Å². The molecule has 1 aliphatic heterocycles. The molecule has 0 fully saturated rings. The summed E-state index contributed by atoms with van der Waals surface area (Å²) in [5.41, 5.74) is 5.88. The van der Waals surface area contributed by atoms with Gasteiger partial charge in [-0.25, -0.2) is 0 Å². The van der Waals surface area contributed by atoms with Gasteiger partial charge in [0.05, 0.1) is 27.7 Å². The quantitative estimate of drug-likeness (QED) is 0.178. The van der Waals surface area contributed by atoms with Crippen LogP contribution in [0, 0.1) is 13.8 Å². The number of hydrogen-bond acceptors (Lipinski definition) is 1. The summed E-state index contributed by atoms with van der Waals surface area (Å²) in [6.45, 7) is 18.1. The largest absolute Gasteiger partial charge is 0.538 e. The highest BCUT2D eigenvalue weighted by Crippen LogP contribution is 2.46. The van der Waals surface area contributed by atoms with Gasteiger partial charge in [0.25, 0.3) is 13.8 Å². The van der Waals surface area contributed by atoms with Crippen LogP contribution in [0.2, 0.25) is 11.1 Å². The van der Waals surface area contributed by atoms with Gasteiger partial charge in [0.15, 0.2) is 0 Å². The third-order valence-electron chi connectivity index (χ3n) is 7.82. The fourth-order valence-corrected chi connectivity index (χ4v) is 11.4. The van der Waals surface area contributed by atoms with Crippen LogP contribution >= 0.6 is 0 Å². The second-order valence-electron chi connectivity index (χ2n) is 11.0. The summed E-state index contributed by atoms with van der Waals surface area (Å²) in [5, 5.41) is 4.10. The van der Waals surface area contributed by atoms with E-state index < -0.39 is 15.2 Å². The smallest absolute Gasteiger partial charge is 0.296 e. The molecule has 2 aromatic heterocycles. The van der Waals surface area contributed by atoms with E-state index in [1.807, 2.05) is 6.07 Å². The fourth-order valence-electron chi connectivity index (χ4n) is 6.55. The molecule has 0 N–H and O–H groups in total. The molecule has 0 saturated carbocycles. The molecule has 0 bridgehead atoms. The van der Waals surface area contributed by atoms with Crippen LogP contribution in [-0.4, -0.2) is 13.0 Å². The Labute approximate surface area is 203 Å². The number of para-hydroxylation sites is 1. The summed E-state index contributed by atoms with van der Waals surface area (Å²) >= 11 is 0. The predicted octanol–water partition coefficient (Wildman–Crippen LogP) is 7.22. The fraction of sp³-hybridized carbons (Fsp3) is 0.483. The Kier molecular flexibility index (Phi) is 4.23. The summed E-state index contributed by atoms with van der Waals surface area (Å²) in [4.78, 5) is 0. The van der Waals surface area contributed by atoms with Gasteiger partial charge in [-0.1, -0.05) is 64.3 Å². The number of aryl methyl sites for hydroxylation is 1. The van der Waals surface area contributed by atoms with Gasteiger partial charge in [-0.15, -0.1) is 4.68 Å². The van der Waals surface area contributed by atoms with E-state index in [2.05, 4.69) is 89.7 Å². The van der Waals surface area contributed by atoms with Crippen molar-refractivity contribution in [1.29, 1.82) is 0 Å². The molecule has 0 saturated heterocycles. The molecule has 4 heteroatoms. The van der Waals surface area contributed by atoms with Crippen molar-refractivity contribution in [3.05, 3.63) is 47.2 Å². The second kappa shape index (κ2) is 7.33. The molecular formula is C29H39N2OSi+. The Bertz CT molecular complexity index is 1520. The molecule has 0 radical (unpaired) electrons. The van der Waals surface area contributed by atoms with Gasteiger partial charge in [0.1, 0.15) is 5.75 Å². The van der Waals surface area contributed by atoms with E-state index in [4.69, 9.17) is 8.54 Å². The standard InChI is InChI=1S/C29H39N2OSi/c1-16(2)22-12-11-13-23-25-20(9)14-15-24-26(25)28-29(33(32-24,18(5)6)19(7)8)21(10)30(17(3)4)31(28)27(22)23/h11-19H,1-10H3/q+1/i9D3. The molecule has 5 rings (SSSR count). The molecule has 2 aromatic carbocycles. The van der Waals surface area contributed by atoms with Gasteiger partial charge in [-0.05, 0) is 62.3 Å². The first-order chi connectivity index (χ1) is 16.7. The van der Waals surface area contributed by atoms with Crippen LogP contribution in [0.15, 0.2) is 30.3 Å². The first-order valence-electron chi connectivity index (χ1n) is 13.9. The average molecular weight is 463 g/mol. The average Bonchev–Trinajstić information content (AvgIpc) is 3.10. The molecular weight excluding hydrogens is 420 g/mol. The molecule has 1 aliphatic rings. The lowest BCUT2D eigenvalue weighted by Crippen LogP contribution is -2.61. The summed E-state index contributed by atoms with van der Waals surface area (Å²) in [5.74, 6) is 1.13. The van der Waals surface area contributed by atoms with Gasteiger partial charge in [0, 0.05) is 15.1 Å². The Morgan fingerprint density at radius 3 is 2.18 bits per heavy atom. The minimum absolute atomic E-state index is 0.227. The Hall–Kier alpha value is -2.33. The highest BCUT2D eigenvalue weighted by Gasteiger charge is 2.55. The maximum atomic E-state index is 8.44. The number of pyridine rings is 1. The van der Waals surface area contributed by atoms with Crippen LogP contribution in [0.4, 0.5) is 0 Å². The van der Waals surface area contributed by atoms with Crippen molar-refractivity contribution in [2.75, 3.05) is 0 Å². The van der Waals surface area contributed by atoms with E-state index in [1.165, 1.54) is 22.0 Å². The second-order valence-corrected chi connectivity index (χ2v) is 15.6. The van der Waals surface area contributed by atoms with Crippen molar-refractivity contribution in [1.82, 2.24) is 4.68 Å². The minimum atomic E-state index is -2.51. The van der Waals surface area contributed by atoms with Crippen LogP contribution in [0.5, 0.6) is 5.75 Å². The zero-order valence-corrected chi connectivity index (χ0v) is 22.5. The first kappa shape index (κ1) is 19.0. The summed E-state index contributed by atoms with van der Waals surface area (Å²) < 4.78 is 37.4.